The number of amides is 1. The average molecular weight is 478 g/mol. The Bertz CT molecular complexity index is 1030. The van der Waals surface area contributed by atoms with E-state index in [1.807, 2.05) is 32.3 Å². The van der Waals surface area contributed by atoms with E-state index in [9.17, 15) is 4.79 Å². The molecule has 2 aromatic rings. The number of nitrogens with two attached hydrogens (primary N) is 1. The second kappa shape index (κ2) is 10.2. The van der Waals surface area contributed by atoms with Crippen LogP contribution in [0.25, 0.3) is 0 Å². The zero-order valence-electron chi connectivity index (χ0n) is 21.4. The summed E-state index contributed by atoms with van der Waals surface area (Å²) >= 11 is 0. The highest BCUT2D eigenvalue weighted by Gasteiger charge is 2.50. The van der Waals surface area contributed by atoms with Crippen molar-refractivity contribution < 1.29 is 4.79 Å². The number of guanidine groups is 1. The number of rotatable bonds is 6. The lowest BCUT2D eigenvalue weighted by atomic mass is 9.85. The van der Waals surface area contributed by atoms with E-state index < -0.39 is 5.54 Å². The zero-order valence-corrected chi connectivity index (χ0v) is 21.4. The Labute approximate surface area is 209 Å². The summed E-state index contributed by atoms with van der Waals surface area (Å²) in [5.41, 5.74) is 8.58. The highest BCUT2D eigenvalue weighted by molar-refractivity contribution is 5.96. The smallest absolute Gasteiger partial charge is 0.247 e. The van der Waals surface area contributed by atoms with Gasteiger partial charge in [-0.15, -0.1) is 0 Å². The monoisotopic (exact) mass is 477 g/mol. The number of hydrogen-bond acceptors (Lipinski definition) is 5. The number of hydrogen-bond donors (Lipinski definition) is 3. The molecule has 1 spiro atoms. The van der Waals surface area contributed by atoms with Crippen molar-refractivity contribution in [2.24, 2.45) is 16.1 Å². The van der Waals surface area contributed by atoms with Gasteiger partial charge in [0.1, 0.15) is 5.54 Å². The lowest BCUT2D eigenvalue weighted by Gasteiger charge is -2.44. The number of carbonyl (C=O) groups excluding carboxylic acids is 1. The first-order chi connectivity index (χ1) is 16.7. The molecule has 4 N–H and O–H groups in total. The van der Waals surface area contributed by atoms with Crippen LogP contribution in [0.1, 0.15) is 26.7 Å². The molecule has 35 heavy (non-hydrogen) atoms. The molecule has 2 fully saturated rings. The zero-order chi connectivity index (χ0) is 25.1. The van der Waals surface area contributed by atoms with E-state index in [1.54, 1.807) is 0 Å². The Morgan fingerprint density at radius 2 is 1.77 bits per heavy atom. The number of aliphatic imine (C=N–C) groups is 1. The molecule has 2 heterocycles. The van der Waals surface area contributed by atoms with Gasteiger partial charge in [-0.05, 0) is 61.2 Å². The lowest BCUT2D eigenvalue weighted by molar-refractivity contribution is -0.124. The molecule has 0 aliphatic carbocycles. The summed E-state index contributed by atoms with van der Waals surface area (Å²) < 4.78 is 0. The molecule has 188 valence electrons. The van der Waals surface area contributed by atoms with E-state index in [1.165, 1.54) is 0 Å². The molecule has 0 unspecified atom stereocenters. The van der Waals surface area contributed by atoms with E-state index in [-0.39, 0.29) is 11.3 Å². The number of nitrogens with zero attached hydrogens (tertiary/aromatic N) is 4. The van der Waals surface area contributed by atoms with Crippen molar-refractivity contribution in [1.82, 2.24) is 10.2 Å². The topological polar surface area (TPSA) is 89.2 Å². The molecule has 0 bridgehead atoms. The van der Waals surface area contributed by atoms with Crippen LogP contribution in [0.4, 0.5) is 17.1 Å². The summed E-state index contributed by atoms with van der Waals surface area (Å²) in [6.07, 6.45) is 1.46. The minimum absolute atomic E-state index is 0.0891. The molecular formula is C27H39N7O. The van der Waals surface area contributed by atoms with E-state index in [2.05, 4.69) is 75.6 Å². The van der Waals surface area contributed by atoms with Crippen molar-refractivity contribution in [3.63, 3.8) is 0 Å². The van der Waals surface area contributed by atoms with E-state index in [4.69, 9.17) is 10.7 Å². The number of benzene rings is 2. The summed E-state index contributed by atoms with van der Waals surface area (Å²) in [4.78, 5) is 24.6. The van der Waals surface area contributed by atoms with Gasteiger partial charge in [0.05, 0.1) is 6.67 Å². The molecule has 1 amide bonds. The molecule has 2 aromatic carbocycles. The quantitative estimate of drug-likeness (QED) is 0.438. The fraction of sp³-hybridized carbons (Fsp3) is 0.481. The highest BCUT2D eigenvalue weighted by atomic mass is 16.2. The van der Waals surface area contributed by atoms with Gasteiger partial charge in [-0.25, -0.2) is 0 Å². The Morgan fingerprint density at radius 1 is 1.11 bits per heavy atom. The molecule has 8 nitrogen and oxygen atoms in total. The fourth-order valence-electron chi connectivity index (χ4n) is 4.67. The molecule has 2 aliphatic rings. The van der Waals surface area contributed by atoms with Gasteiger partial charge >= 0.3 is 0 Å². The lowest BCUT2D eigenvalue weighted by Crippen LogP contribution is -2.58. The van der Waals surface area contributed by atoms with Crippen LogP contribution in [0.15, 0.2) is 59.6 Å². The van der Waals surface area contributed by atoms with Crippen molar-refractivity contribution in [2.75, 3.05) is 62.1 Å². The third-order valence-electron chi connectivity index (χ3n) is 7.14. The SMILES string of the molecule is CN(C)c1ccc(NC(=NCC(C)(C)CN)N2CCC3(CC2)C(=O)NCN3c2ccccc2)cc1. The van der Waals surface area contributed by atoms with Crippen molar-refractivity contribution in [1.29, 1.82) is 0 Å². The summed E-state index contributed by atoms with van der Waals surface area (Å²) in [7, 11) is 4.07. The second-order valence-corrected chi connectivity index (χ2v) is 10.5. The Balaban J connectivity index is 1.53. The first kappa shape index (κ1) is 24.9. The molecule has 2 aliphatic heterocycles. The van der Waals surface area contributed by atoms with Crippen LogP contribution in [0.3, 0.4) is 0 Å². The van der Waals surface area contributed by atoms with Crippen molar-refractivity contribution in [3.8, 4) is 0 Å². The molecule has 4 rings (SSSR count). The molecule has 0 aromatic heterocycles. The summed E-state index contributed by atoms with van der Waals surface area (Å²) in [6, 6.07) is 18.5. The number of likely N-dealkylation sites (tertiary alicyclic amines) is 1. The molecule has 0 atom stereocenters. The molecular weight excluding hydrogens is 438 g/mol. The van der Waals surface area contributed by atoms with Crippen LogP contribution in [0, 0.1) is 5.41 Å². The normalized spacial score (nSPS) is 18.1. The first-order valence-corrected chi connectivity index (χ1v) is 12.4. The van der Waals surface area contributed by atoms with Gasteiger partial charge < -0.3 is 31.1 Å². The van der Waals surface area contributed by atoms with Crippen LogP contribution in [-0.2, 0) is 4.79 Å². The predicted molar refractivity (Wildman–Crippen MR) is 145 cm³/mol. The highest BCUT2D eigenvalue weighted by Crippen LogP contribution is 2.36. The van der Waals surface area contributed by atoms with Gasteiger partial charge in [0.15, 0.2) is 5.96 Å². The molecule has 2 saturated heterocycles. The third-order valence-corrected chi connectivity index (χ3v) is 7.14. The number of carbonyl (C=O) groups is 1. The van der Waals surface area contributed by atoms with Gasteiger partial charge in [0, 0.05) is 50.8 Å². The van der Waals surface area contributed by atoms with Crippen LogP contribution in [0.2, 0.25) is 0 Å². The summed E-state index contributed by atoms with van der Waals surface area (Å²) in [5.74, 6) is 0.958. The van der Waals surface area contributed by atoms with E-state index in [0.717, 1.165) is 49.0 Å². The summed E-state index contributed by atoms with van der Waals surface area (Å²) in [6.45, 7) is 7.47. The standard InChI is InChI=1S/C27H39N7O/c1-26(2,18-28)19-29-25(31-21-10-12-22(13-11-21)32(3)4)33-16-14-27(15-17-33)24(35)30-20-34(27)23-8-6-5-7-9-23/h5-13H,14-20,28H2,1-4H3,(H,29,31)(H,30,35). The molecule has 0 saturated carbocycles. The minimum atomic E-state index is -0.521. The molecule has 8 heteroatoms. The Hall–Kier alpha value is -3.26. The average Bonchev–Trinajstić information content (AvgIpc) is 3.18. The van der Waals surface area contributed by atoms with Crippen LogP contribution < -0.4 is 26.2 Å². The maximum atomic E-state index is 13.1. The number of anilines is 3. The number of nitrogens with one attached hydrogen (secondary N) is 2. The van der Waals surface area contributed by atoms with Gasteiger partial charge in [0.2, 0.25) is 5.91 Å². The second-order valence-electron chi connectivity index (χ2n) is 10.5. The third kappa shape index (κ3) is 5.37. The van der Waals surface area contributed by atoms with Crippen molar-refractivity contribution in [3.05, 3.63) is 54.6 Å². The van der Waals surface area contributed by atoms with E-state index in [0.29, 0.717) is 19.8 Å². The number of piperidine rings is 1. The van der Waals surface area contributed by atoms with Crippen LogP contribution >= 0.6 is 0 Å². The maximum absolute atomic E-state index is 13.1. The van der Waals surface area contributed by atoms with Crippen LogP contribution in [-0.4, -0.2) is 69.2 Å². The Kier molecular flexibility index (Phi) is 7.21. The van der Waals surface area contributed by atoms with Crippen molar-refractivity contribution in [2.45, 2.75) is 32.2 Å². The van der Waals surface area contributed by atoms with E-state index >= 15 is 0 Å². The first-order valence-electron chi connectivity index (χ1n) is 12.4. The fourth-order valence-corrected chi connectivity index (χ4v) is 4.67. The minimum Gasteiger partial charge on any atom is -0.378 e. The van der Waals surface area contributed by atoms with Gasteiger partial charge in [-0.3, -0.25) is 9.79 Å². The summed E-state index contributed by atoms with van der Waals surface area (Å²) in [5, 5.41) is 6.63. The van der Waals surface area contributed by atoms with Crippen LogP contribution in [0.5, 0.6) is 0 Å². The largest absolute Gasteiger partial charge is 0.378 e. The van der Waals surface area contributed by atoms with Gasteiger partial charge in [-0.1, -0.05) is 32.0 Å². The number of para-hydroxylation sites is 1. The van der Waals surface area contributed by atoms with Gasteiger partial charge in [-0.2, -0.15) is 0 Å². The Morgan fingerprint density at radius 3 is 2.37 bits per heavy atom. The predicted octanol–water partition coefficient (Wildman–Crippen LogP) is 2.93. The van der Waals surface area contributed by atoms with Gasteiger partial charge in [0.25, 0.3) is 0 Å². The molecule has 0 radical (unpaired) electrons. The van der Waals surface area contributed by atoms with Crippen molar-refractivity contribution >= 4 is 28.9 Å². The maximum Gasteiger partial charge on any atom is 0.247 e.